The Balaban J connectivity index is 1.94. The molecule has 1 nitrogen and oxygen atoms in total. The van der Waals surface area contributed by atoms with Gasteiger partial charge in [-0.15, -0.1) is 0 Å². The lowest BCUT2D eigenvalue weighted by Crippen LogP contribution is -2.14. The maximum absolute atomic E-state index is 5.50. The monoisotopic (exact) mass is 262 g/mol. The topological polar surface area (TPSA) is 9.23 Å². The molecule has 0 spiro atoms. The minimum Gasteiger partial charge on any atom is -0.381 e. The Hall–Kier alpha value is -1.86. The Labute approximate surface area is 119 Å². The van der Waals surface area contributed by atoms with Crippen molar-refractivity contribution in [3.63, 3.8) is 0 Å². The molecule has 1 aliphatic rings. The van der Waals surface area contributed by atoms with Gasteiger partial charge in [0, 0.05) is 13.2 Å². The molecule has 0 bridgehead atoms. The second-order valence-corrected chi connectivity index (χ2v) is 5.65. The normalized spacial score (nSPS) is 16.8. The second-order valence-electron chi connectivity index (χ2n) is 5.65. The minimum absolute atomic E-state index is 0.647. The molecule has 20 heavy (non-hydrogen) atoms. The number of hydrogen-bond donors (Lipinski definition) is 0. The summed E-state index contributed by atoms with van der Waals surface area (Å²) in [5.74, 6) is 0.647. The molecule has 0 amide bonds. The molecule has 1 heterocycles. The molecule has 1 heteroatoms. The first kappa shape index (κ1) is 11.9. The quantitative estimate of drug-likeness (QED) is 0.567. The zero-order chi connectivity index (χ0) is 13.4. The van der Waals surface area contributed by atoms with Crippen LogP contribution < -0.4 is 0 Å². The summed E-state index contributed by atoms with van der Waals surface area (Å²) in [6, 6.07) is 20.0. The molecule has 1 saturated heterocycles. The van der Waals surface area contributed by atoms with Crippen LogP contribution in [0.25, 0.3) is 21.5 Å². The van der Waals surface area contributed by atoms with Crippen molar-refractivity contribution in [2.75, 3.05) is 13.2 Å². The van der Waals surface area contributed by atoms with Gasteiger partial charge in [0.2, 0.25) is 0 Å². The molecule has 1 aliphatic heterocycles. The Morgan fingerprint density at radius 1 is 0.750 bits per heavy atom. The standard InChI is InChI=1S/C19H18O/c1-2-5-16-13-19-17(12-15(16)4-1)6-3-7-18(19)14-8-10-20-11-9-14/h1-7,12-14H,8-11H2. The van der Waals surface area contributed by atoms with Crippen LogP contribution in [-0.2, 0) is 4.74 Å². The van der Waals surface area contributed by atoms with Gasteiger partial charge in [-0.25, -0.2) is 0 Å². The zero-order valence-electron chi connectivity index (χ0n) is 11.5. The maximum Gasteiger partial charge on any atom is 0.0471 e. The largest absolute Gasteiger partial charge is 0.381 e. The van der Waals surface area contributed by atoms with E-state index in [0.29, 0.717) is 5.92 Å². The maximum atomic E-state index is 5.50. The van der Waals surface area contributed by atoms with Gasteiger partial charge < -0.3 is 4.74 Å². The average Bonchev–Trinajstić information content (AvgIpc) is 2.53. The van der Waals surface area contributed by atoms with Gasteiger partial charge >= 0.3 is 0 Å². The summed E-state index contributed by atoms with van der Waals surface area (Å²) in [7, 11) is 0. The van der Waals surface area contributed by atoms with Gasteiger partial charge in [-0.1, -0.05) is 42.5 Å². The lowest BCUT2D eigenvalue weighted by Gasteiger charge is -2.23. The van der Waals surface area contributed by atoms with E-state index < -0.39 is 0 Å². The van der Waals surface area contributed by atoms with E-state index in [1.807, 2.05) is 0 Å². The fraction of sp³-hybridized carbons (Fsp3) is 0.263. The molecule has 0 atom stereocenters. The van der Waals surface area contributed by atoms with Crippen LogP contribution in [0.2, 0.25) is 0 Å². The van der Waals surface area contributed by atoms with Crippen molar-refractivity contribution in [1.29, 1.82) is 0 Å². The van der Waals surface area contributed by atoms with Crippen molar-refractivity contribution in [1.82, 2.24) is 0 Å². The Kier molecular flexibility index (Phi) is 2.93. The summed E-state index contributed by atoms with van der Waals surface area (Å²) in [4.78, 5) is 0. The van der Waals surface area contributed by atoms with E-state index in [1.54, 1.807) is 0 Å². The molecular weight excluding hydrogens is 244 g/mol. The van der Waals surface area contributed by atoms with E-state index in [9.17, 15) is 0 Å². The van der Waals surface area contributed by atoms with Gasteiger partial charge in [-0.3, -0.25) is 0 Å². The van der Waals surface area contributed by atoms with Crippen LogP contribution in [0.1, 0.15) is 24.3 Å². The van der Waals surface area contributed by atoms with E-state index in [-0.39, 0.29) is 0 Å². The van der Waals surface area contributed by atoms with Gasteiger partial charge in [-0.2, -0.15) is 0 Å². The highest BCUT2D eigenvalue weighted by Crippen LogP contribution is 2.34. The van der Waals surface area contributed by atoms with Crippen molar-refractivity contribution in [3.8, 4) is 0 Å². The minimum atomic E-state index is 0.647. The molecule has 1 fully saturated rings. The van der Waals surface area contributed by atoms with Crippen LogP contribution in [0.5, 0.6) is 0 Å². The van der Waals surface area contributed by atoms with Gasteiger partial charge in [-0.05, 0) is 58.0 Å². The average molecular weight is 262 g/mol. The third-order valence-corrected chi connectivity index (χ3v) is 4.44. The zero-order valence-corrected chi connectivity index (χ0v) is 11.5. The highest BCUT2D eigenvalue weighted by Gasteiger charge is 2.17. The first-order valence-corrected chi connectivity index (χ1v) is 7.41. The second kappa shape index (κ2) is 4.92. The summed E-state index contributed by atoms with van der Waals surface area (Å²) >= 11 is 0. The molecule has 0 unspecified atom stereocenters. The molecule has 100 valence electrons. The Morgan fingerprint density at radius 2 is 1.45 bits per heavy atom. The summed E-state index contributed by atoms with van der Waals surface area (Å²) in [5, 5.41) is 5.43. The van der Waals surface area contributed by atoms with E-state index in [0.717, 1.165) is 26.1 Å². The first-order valence-electron chi connectivity index (χ1n) is 7.41. The van der Waals surface area contributed by atoms with Crippen LogP contribution in [-0.4, -0.2) is 13.2 Å². The van der Waals surface area contributed by atoms with Crippen molar-refractivity contribution < 1.29 is 4.74 Å². The summed E-state index contributed by atoms with van der Waals surface area (Å²) in [5.41, 5.74) is 1.50. The Bertz CT molecular complexity index is 754. The van der Waals surface area contributed by atoms with E-state index in [4.69, 9.17) is 4.74 Å². The number of fused-ring (bicyclic) bond motifs is 2. The molecule has 0 aromatic heterocycles. The van der Waals surface area contributed by atoms with E-state index in [2.05, 4.69) is 54.6 Å². The van der Waals surface area contributed by atoms with Crippen LogP contribution in [0.15, 0.2) is 54.6 Å². The molecule has 4 rings (SSSR count). The van der Waals surface area contributed by atoms with Crippen molar-refractivity contribution in [3.05, 3.63) is 60.2 Å². The molecule has 0 saturated carbocycles. The van der Waals surface area contributed by atoms with Gasteiger partial charge in [0.1, 0.15) is 0 Å². The molecular formula is C19H18O. The fourth-order valence-corrected chi connectivity index (χ4v) is 3.36. The highest BCUT2D eigenvalue weighted by atomic mass is 16.5. The SMILES string of the molecule is c1ccc2cc3c(C4CCOCC4)cccc3cc2c1. The highest BCUT2D eigenvalue weighted by molar-refractivity contribution is 5.99. The third-order valence-electron chi connectivity index (χ3n) is 4.44. The third kappa shape index (κ3) is 1.99. The first-order chi connectivity index (χ1) is 9.92. The van der Waals surface area contributed by atoms with Crippen LogP contribution in [0, 0.1) is 0 Å². The van der Waals surface area contributed by atoms with Crippen molar-refractivity contribution in [2.24, 2.45) is 0 Å². The van der Waals surface area contributed by atoms with Crippen molar-refractivity contribution >= 4 is 21.5 Å². The molecule has 0 aliphatic carbocycles. The van der Waals surface area contributed by atoms with Gasteiger partial charge in [0.05, 0.1) is 0 Å². The van der Waals surface area contributed by atoms with Gasteiger partial charge in [0.15, 0.2) is 0 Å². The van der Waals surface area contributed by atoms with Crippen LogP contribution in [0.3, 0.4) is 0 Å². The lowest BCUT2D eigenvalue weighted by molar-refractivity contribution is 0.0856. The fourth-order valence-electron chi connectivity index (χ4n) is 3.36. The van der Waals surface area contributed by atoms with Crippen LogP contribution >= 0.6 is 0 Å². The smallest absolute Gasteiger partial charge is 0.0471 e. The Morgan fingerprint density at radius 3 is 2.25 bits per heavy atom. The number of rotatable bonds is 1. The number of hydrogen-bond acceptors (Lipinski definition) is 1. The predicted molar refractivity (Wildman–Crippen MR) is 84.2 cm³/mol. The lowest BCUT2D eigenvalue weighted by atomic mass is 9.87. The molecule has 0 radical (unpaired) electrons. The summed E-state index contributed by atoms with van der Waals surface area (Å²) in [6.45, 7) is 1.79. The van der Waals surface area contributed by atoms with E-state index in [1.165, 1.54) is 27.1 Å². The van der Waals surface area contributed by atoms with Crippen molar-refractivity contribution in [2.45, 2.75) is 18.8 Å². The van der Waals surface area contributed by atoms with Gasteiger partial charge in [0.25, 0.3) is 0 Å². The molecule has 0 N–H and O–H groups in total. The predicted octanol–water partition coefficient (Wildman–Crippen LogP) is 4.89. The van der Waals surface area contributed by atoms with E-state index >= 15 is 0 Å². The molecule has 3 aromatic carbocycles. The van der Waals surface area contributed by atoms with Crippen LogP contribution in [0.4, 0.5) is 0 Å². The summed E-state index contributed by atoms with van der Waals surface area (Å²) in [6.07, 6.45) is 2.29. The number of benzene rings is 3. The molecule has 3 aromatic rings. The summed E-state index contributed by atoms with van der Waals surface area (Å²) < 4.78 is 5.50. The number of ether oxygens (including phenoxy) is 1.